The molecule has 0 spiro atoms. The molecule has 0 bridgehead atoms. The number of H-pyrrole nitrogens is 1. The number of aromatic amines is 1. The third-order valence-corrected chi connectivity index (χ3v) is 2.52. The lowest BCUT2D eigenvalue weighted by molar-refractivity contribution is 0.789. The largest absolute Gasteiger partial charge is 0.379 e. The van der Waals surface area contributed by atoms with E-state index in [-0.39, 0.29) is 0 Å². The highest BCUT2D eigenvalue weighted by Gasteiger charge is 1.98. The summed E-state index contributed by atoms with van der Waals surface area (Å²) < 4.78 is 1.61. The summed E-state index contributed by atoms with van der Waals surface area (Å²) in [6.07, 6.45) is 3.30. The molecule has 0 aliphatic rings. The Hall–Kier alpha value is -2.70. The molecule has 2 aromatic heterocycles. The van der Waals surface area contributed by atoms with E-state index in [0.29, 0.717) is 6.54 Å². The molecule has 0 radical (unpaired) electrons. The van der Waals surface area contributed by atoms with Gasteiger partial charge in [-0.25, -0.2) is 4.68 Å². The van der Waals surface area contributed by atoms with Crippen LogP contribution in [-0.4, -0.2) is 30.4 Å². The zero-order valence-corrected chi connectivity index (χ0v) is 9.48. The van der Waals surface area contributed by atoms with Crippen molar-refractivity contribution in [3.63, 3.8) is 0 Å². The lowest BCUT2D eigenvalue weighted by atomic mass is 10.2. The van der Waals surface area contributed by atoms with Gasteiger partial charge in [-0.1, -0.05) is 0 Å². The Balaban J connectivity index is 1.68. The Morgan fingerprint density at radius 1 is 1.17 bits per heavy atom. The Morgan fingerprint density at radius 2 is 2.06 bits per heavy atom. The Morgan fingerprint density at radius 3 is 2.72 bits per heavy atom. The lowest BCUT2D eigenvalue weighted by Crippen LogP contribution is -2.00. The van der Waals surface area contributed by atoms with Gasteiger partial charge >= 0.3 is 0 Å². The summed E-state index contributed by atoms with van der Waals surface area (Å²) in [5, 5.41) is 21.1. The molecular weight excluding hydrogens is 230 g/mol. The summed E-state index contributed by atoms with van der Waals surface area (Å²) in [5.74, 6) is 0. The van der Waals surface area contributed by atoms with Crippen LogP contribution >= 0.6 is 0 Å². The monoisotopic (exact) mass is 241 g/mol. The van der Waals surface area contributed by atoms with Gasteiger partial charge in [-0.05, 0) is 40.8 Å². The normalized spacial score (nSPS) is 10.4. The average Bonchev–Trinajstić information content (AvgIpc) is 3.10. The second kappa shape index (κ2) is 4.66. The van der Waals surface area contributed by atoms with Gasteiger partial charge in [0, 0.05) is 11.9 Å². The Kier molecular flexibility index (Phi) is 2.71. The van der Waals surface area contributed by atoms with Gasteiger partial charge < -0.3 is 5.32 Å². The fourth-order valence-corrected chi connectivity index (χ4v) is 1.59. The maximum atomic E-state index is 3.89. The minimum atomic E-state index is 0.713. The van der Waals surface area contributed by atoms with Gasteiger partial charge in [-0.3, -0.25) is 5.10 Å². The summed E-state index contributed by atoms with van der Waals surface area (Å²) in [7, 11) is 0. The second-order valence-corrected chi connectivity index (χ2v) is 3.74. The molecule has 0 aliphatic heterocycles. The number of nitrogens with zero attached hydrogens (tertiary/aromatic N) is 5. The van der Waals surface area contributed by atoms with Crippen molar-refractivity contribution in [2.24, 2.45) is 0 Å². The Bertz CT molecular complexity index is 583. The first-order chi connectivity index (χ1) is 8.92. The number of hydrogen-bond donors (Lipinski definition) is 2. The molecule has 1 aromatic carbocycles. The van der Waals surface area contributed by atoms with Crippen LogP contribution in [0.1, 0.15) is 5.69 Å². The minimum absolute atomic E-state index is 0.713. The summed E-state index contributed by atoms with van der Waals surface area (Å²) in [5.41, 5.74) is 2.99. The maximum Gasteiger partial charge on any atom is 0.143 e. The third kappa shape index (κ3) is 2.19. The molecule has 90 valence electrons. The molecule has 0 saturated heterocycles. The highest BCUT2D eigenvalue weighted by Crippen LogP contribution is 2.12. The molecule has 0 unspecified atom stereocenters. The number of hydrogen-bond acceptors (Lipinski definition) is 5. The summed E-state index contributed by atoms with van der Waals surface area (Å²) in [6.45, 7) is 0.713. The summed E-state index contributed by atoms with van der Waals surface area (Å²) in [4.78, 5) is 0. The van der Waals surface area contributed by atoms with Gasteiger partial charge in [-0.15, -0.1) is 5.10 Å². The van der Waals surface area contributed by atoms with Crippen LogP contribution in [0, 0.1) is 0 Å². The van der Waals surface area contributed by atoms with E-state index in [1.54, 1.807) is 17.2 Å². The third-order valence-electron chi connectivity index (χ3n) is 2.52. The van der Waals surface area contributed by atoms with Crippen molar-refractivity contribution in [2.75, 3.05) is 5.32 Å². The van der Waals surface area contributed by atoms with Gasteiger partial charge in [-0.2, -0.15) is 5.10 Å². The van der Waals surface area contributed by atoms with E-state index in [1.807, 2.05) is 30.3 Å². The highest BCUT2D eigenvalue weighted by molar-refractivity contribution is 5.48. The van der Waals surface area contributed by atoms with Crippen molar-refractivity contribution in [1.82, 2.24) is 30.4 Å². The topological polar surface area (TPSA) is 84.3 Å². The van der Waals surface area contributed by atoms with Crippen LogP contribution in [0.2, 0.25) is 0 Å². The molecule has 3 rings (SSSR count). The number of anilines is 1. The van der Waals surface area contributed by atoms with E-state index < -0.39 is 0 Å². The van der Waals surface area contributed by atoms with Crippen LogP contribution < -0.4 is 5.32 Å². The lowest BCUT2D eigenvalue weighted by Gasteiger charge is -2.05. The summed E-state index contributed by atoms with van der Waals surface area (Å²) in [6, 6.07) is 9.79. The standard InChI is InChI=1S/C11H11N7/c1-3-11(18-8-14-16-17-18)4-2-9(1)12-7-10-5-6-13-15-10/h1-6,8,12H,7H2,(H,13,15). The molecule has 0 aliphatic carbocycles. The van der Waals surface area contributed by atoms with Gasteiger partial charge in [0.1, 0.15) is 6.33 Å². The van der Waals surface area contributed by atoms with Crippen molar-refractivity contribution in [3.05, 3.63) is 48.5 Å². The second-order valence-electron chi connectivity index (χ2n) is 3.74. The number of tetrazole rings is 1. The first-order valence-electron chi connectivity index (χ1n) is 5.47. The van der Waals surface area contributed by atoms with E-state index in [0.717, 1.165) is 17.1 Å². The fraction of sp³-hybridized carbons (Fsp3) is 0.0909. The molecule has 3 aromatic rings. The van der Waals surface area contributed by atoms with E-state index >= 15 is 0 Å². The molecule has 7 nitrogen and oxygen atoms in total. The van der Waals surface area contributed by atoms with E-state index in [1.165, 1.54) is 0 Å². The SMILES string of the molecule is c1cc(CNc2ccc(-n3cnnn3)cc2)[nH]n1. The first kappa shape index (κ1) is 10.5. The molecule has 0 fully saturated rings. The number of aromatic nitrogens is 6. The number of rotatable bonds is 4. The van der Waals surface area contributed by atoms with Crippen molar-refractivity contribution < 1.29 is 0 Å². The average molecular weight is 241 g/mol. The zero-order chi connectivity index (χ0) is 12.2. The van der Waals surface area contributed by atoms with Gasteiger partial charge in [0.2, 0.25) is 0 Å². The quantitative estimate of drug-likeness (QED) is 0.711. The zero-order valence-electron chi connectivity index (χ0n) is 9.48. The van der Waals surface area contributed by atoms with E-state index in [2.05, 4.69) is 31.0 Å². The van der Waals surface area contributed by atoms with Gasteiger partial charge in [0.05, 0.1) is 17.9 Å². The highest BCUT2D eigenvalue weighted by atomic mass is 15.5. The van der Waals surface area contributed by atoms with Crippen LogP contribution in [0.3, 0.4) is 0 Å². The van der Waals surface area contributed by atoms with E-state index in [4.69, 9.17) is 0 Å². The van der Waals surface area contributed by atoms with Crippen molar-refractivity contribution in [2.45, 2.75) is 6.54 Å². The molecule has 2 N–H and O–H groups in total. The van der Waals surface area contributed by atoms with Crippen LogP contribution in [0.25, 0.3) is 5.69 Å². The molecule has 0 amide bonds. The fourth-order valence-electron chi connectivity index (χ4n) is 1.59. The minimum Gasteiger partial charge on any atom is -0.379 e. The predicted octanol–water partition coefficient (Wildman–Crippen LogP) is 0.997. The van der Waals surface area contributed by atoms with E-state index in [9.17, 15) is 0 Å². The van der Waals surface area contributed by atoms with Crippen LogP contribution in [0.4, 0.5) is 5.69 Å². The molecule has 0 atom stereocenters. The molecule has 7 heteroatoms. The maximum absolute atomic E-state index is 3.89. The molecular formula is C11H11N7. The Labute approximate surface area is 103 Å². The number of benzene rings is 1. The molecule has 0 saturated carbocycles. The van der Waals surface area contributed by atoms with Gasteiger partial charge in [0.15, 0.2) is 0 Å². The van der Waals surface area contributed by atoms with Gasteiger partial charge in [0.25, 0.3) is 0 Å². The molecule has 2 heterocycles. The molecule has 18 heavy (non-hydrogen) atoms. The van der Waals surface area contributed by atoms with Crippen molar-refractivity contribution in [1.29, 1.82) is 0 Å². The predicted molar refractivity (Wildman–Crippen MR) is 65.1 cm³/mol. The van der Waals surface area contributed by atoms with Crippen LogP contribution in [0.15, 0.2) is 42.9 Å². The number of nitrogens with one attached hydrogen (secondary N) is 2. The summed E-state index contributed by atoms with van der Waals surface area (Å²) >= 11 is 0. The first-order valence-corrected chi connectivity index (χ1v) is 5.47. The van der Waals surface area contributed by atoms with Crippen molar-refractivity contribution in [3.8, 4) is 5.69 Å². The van der Waals surface area contributed by atoms with Crippen LogP contribution in [0.5, 0.6) is 0 Å². The van der Waals surface area contributed by atoms with Crippen LogP contribution in [-0.2, 0) is 6.54 Å². The van der Waals surface area contributed by atoms with Crippen molar-refractivity contribution >= 4 is 5.69 Å². The smallest absolute Gasteiger partial charge is 0.143 e.